The topological polar surface area (TPSA) is 160 Å². The number of alkyl carbamates (subject to hydrolysis) is 1. The molecule has 0 saturated carbocycles. The van der Waals surface area contributed by atoms with Gasteiger partial charge in [0.05, 0.1) is 19.1 Å². The minimum atomic E-state index is -1.23. The minimum absolute atomic E-state index is 0.0270. The summed E-state index contributed by atoms with van der Waals surface area (Å²) in [5, 5.41) is 15.6. The van der Waals surface area contributed by atoms with E-state index in [0.29, 0.717) is 0 Å². The van der Waals surface area contributed by atoms with E-state index in [2.05, 4.69) is 25.4 Å². The highest BCUT2D eigenvalue weighted by atomic mass is 16.6. The number of Topliss-reactive ketones (excluding diaryl/α,β-unsaturated/α-hetero) is 1. The molecule has 0 fully saturated rings. The molecule has 26 heavy (non-hydrogen) atoms. The molecule has 0 aromatic carbocycles. The summed E-state index contributed by atoms with van der Waals surface area (Å²) in [5.41, 5.74) is 0. The van der Waals surface area contributed by atoms with Crippen molar-refractivity contribution in [3.8, 4) is 0 Å². The van der Waals surface area contributed by atoms with Crippen LogP contribution in [-0.2, 0) is 28.7 Å². The van der Waals surface area contributed by atoms with Crippen LogP contribution in [0.25, 0.3) is 0 Å². The van der Waals surface area contributed by atoms with Crippen molar-refractivity contribution in [2.75, 3.05) is 26.9 Å². The summed E-state index contributed by atoms with van der Waals surface area (Å²) in [4.78, 5) is 57.4. The van der Waals surface area contributed by atoms with Crippen LogP contribution in [0.5, 0.6) is 0 Å². The van der Waals surface area contributed by atoms with E-state index < -0.39 is 54.7 Å². The zero-order valence-electron chi connectivity index (χ0n) is 15.0. The van der Waals surface area contributed by atoms with Crippen LogP contribution >= 0.6 is 0 Å². The van der Waals surface area contributed by atoms with Crippen molar-refractivity contribution in [3.63, 3.8) is 0 Å². The molecule has 11 nitrogen and oxygen atoms in total. The summed E-state index contributed by atoms with van der Waals surface area (Å²) in [7, 11) is 1.44. The number of aliphatic carboxylic acids is 1. The summed E-state index contributed by atoms with van der Waals surface area (Å²) in [6.07, 6.45) is -1.30. The molecule has 4 N–H and O–H groups in total. The molecule has 0 aromatic rings. The molecule has 0 spiro atoms. The molecular weight excluding hydrogens is 350 g/mol. The van der Waals surface area contributed by atoms with Crippen LogP contribution in [0.4, 0.5) is 4.79 Å². The predicted octanol–water partition coefficient (Wildman–Crippen LogP) is -1.20. The summed E-state index contributed by atoms with van der Waals surface area (Å²) in [6, 6.07) is -2.20. The first kappa shape index (κ1) is 23.3. The molecule has 0 bridgehead atoms. The van der Waals surface area contributed by atoms with E-state index in [-0.39, 0.29) is 19.6 Å². The molecule has 2 unspecified atom stereocenters. The van der Waals surface area contributed by atoms with Gasteiger partial charge in [0, 0.05) is 13.5 Å². The molecular formula is C15H25N3O8. The molecule has 0 aliphatic rings. The number of ketones is 1. The van der Waals surface area contributed by atoms with Crippen molar-refractivity contribution < 1.29 is 38.6 Å². The second-order valence-corrected chi connectivity index (χ2v) is 5.25. The van der Waals surface area contributed by atoms with Gasteiger partial charge < -0.3 is 30.5 Å². The van der Waals surface area contributed by atoms with Crippen molar-refractivity contribution in [2.45, 2.75) is 38.8 Å². The number of hydrogen-bond acceptors (Lipinski definition) is 7. The zero-order chi connectivity index (χ0) is 20.1. The highest BCUT2D eigenvalue weighted by Crippen LogP contribution is 1.99. The number of nitrogens with one attached hydrogen (secondary N) is 3. The first-order chi connectivity index (χ1) is 12.2. The van der Waals surface area contributed by atoms with E-state index in [1.54, 1.807) is 6.92 Å². The Morgan fingerprint density at radius 3 is 2.27 bits per heavy atom. The number of ether oxygens (including phenoxy) is 2. The van der Waals surface area contributed by atoms with Crippen LogP contribution in [-0.4, -0.2) is 73.7 Å². The zero-order valence-corrected chi connectivity index (χ0v) is 15.0. The first-order valence-corrected chi connectivity index (χ1v) is 7.95. The van der Waals surface area contributed by atoms with Gasteiger partial charge in [-0.2, -0.15) is 0 Å². The highest BCUT2D eigenvalue weighted by Gasteiger charge is 2.25. The molecule has 0 aliphatic carbocycles. The maximum absolute atomic E-state index is 12.0. The third-order valence-electron chi connectivity index (χ3n) is 3.12. The van der Waals surface area contributed by atoms with Gasteiger partial charge in [-0.1, -0.05) is 6.92 Å². The Bertz CT molecular complexity index is 523. The molecule has 0 rings (SSSR count). The van der Waals surface area contributed by atoms with Crippen LogP contribution in [0.2, 0.25) is 0 Å². The summed E-state index contributed by atoms with van der Waals surface area (Å²) in [5.74, 6) is -3.04. The van der Waals surface area contributed by atoms with Gasteiger partial charge in [-0.15, -0.1) is 0 Å². The third-order valence-corrected chi connectivity index (χ3v) is 3.12. The molecule has 3 amide bonds. The summed E-state index contributed by atoms with van der Waals surface area (Å²) in [6.45, 7) is 2.73. The van der Waals surface area contributed by atoms with Gasteiger partial charge in [-0.05, 0) is 6.92 Å². The maximum Gasteiger partial charge on any atom is 0.407 e. The largest absolute Gasteiger partial charge is 0.481 e. The monoisotopic (exact) mass is 375 g/mol. The van der Waals surface area contributed by atoms with Crippen molar-refractivity contribution in [2.24, 2.45) is 0 Å². The second-order valence-electron chi connectivity index (χ2n) is 5.25. The van der Waals surface area contributed by atoms with E-state index in [0.717, 1.165) is 0 Å². The predicted molar refractivity (Wildman–Crippen MR) is 88.3 cm³/mol. The number of carbonyl (C=O) groups excluding carboxylic acids is 4. The number of rotatable bonds is 12. The molecule has 148 valence electrons. The quantitative estimate of drug-likeness (QED) is 0.309. The number of carboxylic acids is 1. The van der Waals surface area contributed by atoms with Crippen molar-refractivity contribution in [1.29, 1.82) is 0 Å². The number of methoxy groups -OCH3 is 1. The maximum atomic E-state index is 12.0. The van der Waals surface area contributed by atoms with Crippen LogP contribution < -0.4 is 16.0 Å². The van der Waals surface area contributed by atoms with Gasteiger partial charge in [0.15, 0.2) is 5.78 Å². The smallest absolute Gasteiger partial charge is 0.407 e. The molecule has 2 atom stereocenters. The van der Waals surface area contributed by atoms with E-state index >= 15 is 0 Å². The van der Waals surface area contributed by atoms with E-state index in [1.807, 2.05) is 0 Å². The lowest BCUT2D eigenvalue weighted by atomic mass is 10.1. The average Bonchev–Trinajstić information content (AvgIpc) is 2.58. The Morgan fingerprint density at radius 1 is 1.08 bits per heavy atom. The van der Waals surface area contributed by atoms with Crippen molar-refractivity contribution >= 4 is 29.7 Å². The van der Waals surface area contributed by atoms with Crippen LogP contribution in [0.15, 0.2) is 0 Å². The van der Waals surface area contributed by atoms with Crippen LogP contribution in [0.3, 0.4) is 0 Å². The van der Waals surface area contributed by atoms with Crippen LogP contribution in [0.1, 0.15) is 26.7 Å². The summed E-state index contributed by atoms with van der Waals surface area (Å²) >= 11 is 0. The highest BCUT2D eigenvalue weighted by molar-refractivity contribution is 5.94. The minimum Gasteiger partial charge on any atom is -0.481 e. The van der Waals surface area contributed by atoms with E-state index in [1.165, 1.54) is 14.0 Å². The van der Waals surface area contributed by atoms with Crippen molar-refractivity contribution in [3.05, 3.63) is 0 Å². The van der Waals surface area contributed by atoms with Gasteiger partial charge in [0.1, 0.15) is 19.2 Å². The van der Waals surface area contributed by atoms with Gasteiger partial charge in [0.25, 0.3) is 0 Å². The number of hydrogen-bond donors (Lipinski definition) is 4. The fourth-order valence-electron chi connectivity index (χ4n) is 1.74. The molecule has 0 heterocycles. The second kappa shape index (κ2) is 12.6. The summed E-state index contributed by atoms with van der Waals surface area (Å²) < 4.78 is 9.37. The van der Waals surface area contributed by atoms with Crippen LogP contribution in [0, 0.1) is 0 Å². The lowest BCUT2D eigenvalue weighted by molar-refractivity contribution is -0.140. The average molecular weight is 375 g/mol. The Hall–Kier alpha value is -2.69. The Balaban J connectivity index is 4.37. The third kappa shape index (κ3) is 10.2. The van der Waals surface area contributed by atoms with Gasteiger partial charge >= 0.3 is 12.1 Å². The molecule has 0 aliphatic heterocycles. The fraction of sp³-hybridized carbons (Fsp3) is 0.667. The number of amides is 3. The SMILES string of the molecule is CCC(=O)C(CC(=O)O)NC(=O)C(C)NC(=O)CNC(=O)OCCOC. The standard InChI is InChI=1S/C15H25N3O8/c1-4-11(19)10(7-13(21)22)18-14(23)9(2)17-12(20)8-16-15(24)26-6-5-25-3/h9-10H,4-8H2,1-3H3,(H,16,24)(H,17,20)(H,18,23)(H,21,22). The molecule has 0 aromatic heterocycles. The van der Waals surface area contributed by atoms with Gasteiger partial charge in [0.2, 0.25) is 11.8 Å². The number of carboxylic acid groups (broad SMARTS) is 1. The lowest BCUT2D eigenvalue weighted by Gasteiger charge is -2.19. The fourth-order valence-corrected chi connectivity index (χ4v) is 1.74. The van der Waals surface area contributed by atoms with E-state index in [9.17, 15) is 24.0 Å². The Morgan fingerprint density at radius 2 is 1.73 bits per heavy atom. The molecule has 0 radical (unpaired) electrons. The van der Waals surface area contributed by atoms with Gasteiger partial charge in [-0.25, -0.2) is 4.79 Å². The lowest BCUT2D eigenvalue weighted by Crippen LogP contribution is -2.52. The first-order valence-electron chi connectivity index (χ1n) is 7.95. The number of carbonyl (C=O) groups is 5. The van der Waals surface area contributed by atoms with E-state index in [4.69, 9.17) is 5.11 Å². The molecule has 0 saturated heterocycles. The molecule has 11 heteroatoms. The van der Waals surface area contributed by atoms with Crippen molar-refractivity contribution in [1.82, 2.24) is 16.0 Å². The Labute approximate surface area is 150 Å². The normalized spacial score (nSPS) is 12.4. The Kier molecular flexibility index (Phi) is 11.3. The van der Waals surface area contributed by atoms with Gasteiger partial charge in [-0.3, -0.25) is 19.2 Å².